The maximum atomic E-state index is 11.6. The van der Waals surface area contributed by atoms with Gasteiger partial charge in [-0.15, -0.1) is 0 Å². The zero-order valence-corrected chi connectivity index (χ0v) is 11.4. The van der Waals surface area contributed by atoms with Crippen molar-refractivity contribution in [1.82, 2.24) is 5.32 Å². The van der Waals surface area contributed by atoms with Crippen LogP contribution in [-0.4, -0.2) is 23.7 Å². The molecule has 1 aromatic heterocycles. The summed E-state index contributed by atoms with van der Waals surface area (Å²) >= 11 is 0. The Morgan fingerprint density at radius 1 is 1.63 bits per heavy atom. The number of nitrogens with one attached hydrogen (secondary N) is 1. The number of furan rings is 1. The Kier molecular flexibility index (Phi) is 4.43. The van der Waals surface area contributed by atoms with Crippen LogP contribution in [0.4, 0.5) is 0 Å². The molecule has 1 aliphatic carbocycles. The number of rotatable bonds is 6. The average molecular weight is 263 g/mol. The minimum atomic E-state index is -0.210. The van der Waals surface area contributed by atoms with Crippen LogP contribution in [0.25, 0.3) is 6.08 Å². The molecule has 1 aromatic rings. The Balaban J connectivity index is 1.87. The maximum absolute atomic E-state index is 11.6. The van der Waals surface area contributed by atoms with Crippen molar-refractivity contribution in [1.29, 1.82) is 0 Å². The highest BCUT2D eigenvalue weighted by Gasteiger charge is 2.36. The highest BCUT2D eigenvalue weighted by molar-refractivity contribution is 5.91. The van der Waals surface area contributed by atoms with E-state index in [9.17, 15) is 4.79 Å². The van der Waals surface area contributed by atoms with Crippen molar-refractivity contribution >= 4 is 12.0 Å². The third-order valence-corrected chi connectivity index (χ3v) is 3.58. The summed E-state index contributed by atoms with van der Waals surface area (Å²) < 4.78 is 5.67. The largest absolute Gasteiger partial charge is 0.461 e. The topological polar surface area (TPSA) is 62.5 Å². The third-order valence-electron chi connectivity index (χ3n) is 3.58. The van der Waals surface area contributed by atoms with E-state index in [2.05, 4.69) is 12.2 Å². The molecule has 1 aliphatic rings. The molecule has 0 saturated heterocycles. The van der Waals surface area contributed by atoms with Crippen molar-refractivity contribution in [2.45, 2.75) is 38.6 Å². The van der Waals surface area contributed by atoms with Crippen LogP contribution >= 0.6 is 0 Å². The van der Waals surface area contributed by atoms with Crippen LogP contribution in [0.15, 0.2) is 22.6 Å². The van der Waals surface area contributed by atoms with E-state index in [1.165, 1.54) is 12.5 Å². The van der Waals surface area contributed by atoms with Gasteiger partial charge in [-0.25, -0.2) is 0 Å². The zero-order valence-electron chi connectivity index (χ0n) is 11.4. The van der Waals surface area contributed by atoms with E-state index in [1.807, 2.05) is 19.1 Å². The number of amides is 1. The van der Waals surface area contributed by atoms with Crippen LogP contribution < -0.4 is 5.32 Å². The molecule has 0 aliphatic heterocycles. The van der Waals surface area contributed by atoms with E-state index in [4.69, 9.17) is 9.52 Å². The van der Waals surface area contributed by atoms with Crippen LogP contribution in [0.5, 0.6) is 0 Å². The molecule has 3 unspecified atom stereocenters. The molecule has 2 N–H and O–H groups in total. The van der Waals surface area contributed by atoms with E-state index >= 15 is 0 Å². The quantitative estimate of drug-likeness (QED) is 0.774. The molecule has 4 nitrogen and oxygen atoms in total. The van der Waals surface area contributed by atoms with Crippen molar-refractivity contribution in [2.24, 2.45) is 5.92 Å². The van der Waals surface area contributed by atoms with Crippen LogP contribution in [0.1, 0.15) is 44.1 Å². The van der Waals surface area contributed by atoms with E-state index < -0.39 is 0 Å². The number of carbonyl (C=O) groups excluding carboxylic acids is 1. The predicted molar refractivity (Wildman–Crippen MR) is 73.6 cm³/mol. The number of aliphatic hydroxyl groups is 1. The Bertz CT molecular complexity index is 460. The van der Waals surface area contributed by atoms with Crippen LogP contribution in [0, 0.1) is 5.92 Å². The molecule has 0 spiro atoms. The maximum Gasteiger partial charge on any atom is 0.244 e. The highest BCUT2D eigenvalue weighted by atomic mass is 16.3. The molecule has 1 amide bonds. The number of hydrogen-bond acceptors (Lipinski definition) is 3. The Morgan fingerprint density at radius 2 is 2.37 bits per heavy atom. The van der Waals surface area contributed by atoms with Gasteiger partial charge in [-0.1, -0.05) is 13.8 Å². The minimum absolute atomic E-state index is 0.0411. The molecule has 1 saturated carbocycles. The summed E-state index contributed by atoms with van der Waals surface area (Å²) in [5.41, 5.74) is 0. The van der Waals surface area contributed by atoms with E-state index in [0.29, 0.717) is 24.0 Å². The van der Waals surface area contributed by atoms with Gasteiger partial charge in [0.25, 0.3) is 0 Å². The molecule has 4 heteroatoms. The first-order valence-corrected chi connectivity index (χ1v) is 6.83. The van der Waals surface area contributed by atoms with Crippen molar-refractivity contribution in [3.63, 3.8) is 0 Å². The lowest BCUT2D eigenvalue weighted by Gasteiger charge is -2.11. The van der Waals surface area contributed by atoms with Gasteiger partial charge >= 0.3 is 0 Å². The lowest BCUT2D eigenvalue weighted by Crippen LogP contribution is -2.35. The van der Waals surface area contributed by atoms with Gasteiger partial charge in [-0.2, -0.15) is 0 Å². The number of hydrogen-bond donors (Lipinski definition) is 2. The Morgan fingerprint density at radius 3 is 2.95 bits per heavy atom. The van der Waals surface area contributed by atoms with Crippen LogP contribution in [0.2, 0.25) is 0 Å². The fourth-order valence-corrected chi connectivity index (χ4v) is 2.06. The van der Waals surface area contributed by atoms with Gasteiger partial charge in [-0.05, 0) is 37.0 Å². The van der Waals surface area contributed by atoms with E-state index in [-0.39, 0.29) is 18.6 Å². The average Bonchev–Trinajstić information content (AvgIpc) is 2.96. The molecule has 19 heavy (non-hydrogen) atoms. The predicted octanol–water partition coefficient (Wildman–Crippen LogP) is 2.30. The van der Waals surface area contributed by atoms with Crippen LogP contribution in [0.3, 0.4) is 0 Å². The summed E-state index contributed by atoms with van der Waals surface area (Å²) in [7, 11) is 0. The fourth-order valence-electron chi connectivity index (χ4n) is 2.06. The van der Waals surface area contributed by atoms with Crippen molar-refractivity contribution < 1.29 is 14.3 Å². The molecule has 0 radical (unpaired) electrons. The van der Waals surface area contributed by atoms with Gasteiger partial charge in [0.2, 0.25) is 5.91 Å². The van der Waals surface area contributed by atoms with Gasteiger partial charge in [0.1, 0.15) is 11.5 Å². The highest BCUT2D eigenvalue weighted by Crippen LogP contribution is 2.47. The summed E-state index contributed by atoms with van der Waals surface area (Å²) in [6, 6.07) is 3.68. The molecule has 1 fully saturated rings. The summed E-state index contributed by atoms with van der Waals surface area (Å²) in [4.78, 5) is 11.6. The van der Waals surface area contributed by atoms with Gasteiger partial charge < -0.3 is 14.8 Å². The lowest BCUT2D eigenvalue weighted by molar-refractivity contribution is -0.117. The molecule has 2 rings (SSSR count). The second kappa shape index (κ2) is 6.06. The van der Waals surface area contributed by atoms with Gasteiger partial charge in [-0.3, -0.25) is 4.79 Å². The van der Waals surface area contributed by atoms with Crippen molar-refractivity contribution in [3.05, 3.63) is 29.7 Å². The Labute approximate surface area is 113 Å². The molecule has 1 heterocycles. The molecular formula is C15H21NO3. The third kappa shape index (κ3) is 3.70. The number of carbonyl (C=O) groups is 1. The second-order valence-electron chi connectivity index (χ2n) is 5.19. The standard InChI is InChI=1S/C15H21NO3/c1-3-11(9-17)16-15(18)7-5-12-4-6-14(19-12)13-8-10(13)2/h4-7,10-11,13,17H,3,8-9H2,1-2H3,(H,16,18)/b7-5+. The number of aliphatic hydroxyl groups excluding tert-OH is 1. The SMILES string of the molecule is CCC(CO)NC(=O)/C=C/c1ccc(C2CC2C)o1. The first-order valence-electron chi connectivity index (χ1n) is 6.83. The normalized spacial score (nSPS) is 23.5. The van der Waals surface area contributed by atoms with Crippen molar-refractivity contribution in [2.75, 3.05) is 6.61 Å². The summed E-state index contributed by atoms with van der Waals surface area (Å²) in [5, 5.41) is 11.7. The lowest BCUT2D eigenvalue weighted by atomic mass is 10.2. The minimum Gasteiger partial charge on any atom is -0.461 e. The van der Waals surface area contributed by atoms with Gasteiger partial charge in [0, 0.05) is 12.0 Å². The molecule has 3 atom stereocenters. The fraction of sp³-hybridized carbons (Fsp3) is 0.533. The Hall–Kier alpha value is -1.55. The summed E-state index contributed by atoms with van der Waals surface area (Å²) in [6.45, 7) is 4.08. The van der Waals surface area contributed by atoms with E-state index in [1.54, 1.807) is 6.08 Å². The molecular weight excluding hydrogens is 242 g/mol. The molecule has 104 valence electrons. The smallest absolute Gasteiger partial charge is 0.244 e. The zero-order chi connectivity index (χ0) is 13.8. The molecule has 0 aromatic carbocycles. The monoisotopic (exact) mass is 263 g/mol. The molecule has 0 bridgehead atoms. The van der Waals surface area contributed by atoms with Gasteiger partial charge in [0.15, 0.2) is 0 Å². The summed E-state index contributed by atoms with van der Waals surface area (Å²) in [6.07, 6.45) is 5.00. The summed E-state index contributed by atoms with van der Waals surface area (Å²) in [5.74, 6) is 2.75. The van der Waals surface area contributed by atoms with E-state index in [0.717, 1.165) is 5.76 Å². The first kappa shape index (κ1) is 13.9. The first-order chi connectivity index (χ1) is 9.13. The van der Waals surface area contributed by atoms with Gasteiger partial charge in [0.05, 0.1) is 12.6 Å². The van der Waals surface area contributed by atoms with Crippen molar-refractivity contribution in [3.8, 4) is 0 Å². The van der Waals surface area contributed by atoms with Crippen LogP contribution in [-0.2, 0) is 4.79 Å². The second-order valence-corrected chi connectivity index (χ2v) is 5.19.